The van der Waals surface area contributed by atoms with Gasteiger partial charge >= 0.3 is 0 Å². The first-order valence-corrected chi connectivity index (χ1v) is 8.01. The fourth-order valence-electron chi connectivity index (χ4n) is 2.24. The molecule has 0 saturated heterocycles. The SMILES string of the molecule is O=C(NCCNC(=O)c1ccco1)c1ccc(=O)n(-c2ccc(F)cc2)n1. The normalized spacial score (nSPS) is 10.4. The van der Waals surface area contributed by atoms with Gasteiger partial charge in [-0.25, -0.2) is 4.39 Å². The summed E-state index contributed by atoms with van der Waals surface area (Å²) in [4.78, 5) is 35.8. The van der Waals surface area contributed by atoms with Crippen molar-refractivity contribution in [3.8, 4) is 5.69 Å². The van der Waals surface area contributed by atoms with E-state index in [-0.39, 0.29) is 24.5 Å². The molecule has 0 radical (unpaired) electrons. The average molecular weight is 370 g/mol. The van der Waals surface area contributed by atoms with Crippen molar-refractivity contribution >= 4 is 11.8 Å². The quantitative estimate of drug-likeness (QED) is 0.633. The first-order valence-electron chi connectivity index (χ1n) is 8.01. The van der Waals surface area contributed by atoms with Gasteiger partial charge < -0.3 is 15.1 Å². The standard InChI is InChI=1S/C18H15FN4O4/c19-12-3-5-13(6-4-12)23-16(24)8-7-14(22-23)17(25)20-9-10-21-18(26)15-2-1-11-27-15/h1-8,11H,9-10H2,(H,20,25)(H,21,26). The number of hydrogen-bond acceptors (Lipinski definition) is 5. The molecule has 2 N–H and O–H groups in total. The Kier molecular flexibility index (Phi) is 5.41. The summed E-state index contributed by atoms with van der Waals surface area (Å²) in [6, 6.07) is 10.8. The zero-order valence-corrected chi connectivity index (χ0v) is 14.0. The lowest BCUT2D eigenvalue weighted by Gasteiger charge is -2.08. The topological polar surface area (TPSA) is 106 Å². The van der Waals surface area contributed by atoms with E-state index in [4.69, 9.17) is 4.42 Å². The fourth-order valence-corrected chi connectivity index (χ4v) is 2.24. The highest BCUT2D eigenvalue weighted by Crippen LogP contribution is 2.06. The van der Waals surface area contributed by atoms with Gasteiger partial charge in [0.25, 0.3) is 17.4 Å². The van der Waals surface area contributed by atoms with Crippen molar-refractivity contribution < 1.29 is 18.4 Å². The molecule has 2 amide bonds. The molecular weight excluding hydrogens is 355 g/mol. The minimum Gasteiger partial charge on any atom is -0.459 e. The first-order chi connectivity index (χ1) is 13.0. The van der Waals surface area contributed by atoms with Crippen molar-refractivity contribution in [3.63, 3.8) is 0 Å². The van der Waals surface area contributed by atoms with Crippen molar-refractivity contribution in [2.24, 2.45) is 0 Å². The predicted molar refractivity (Wildman–Crippen MR) is 93.2 cm³/mol. The molecular formula is C18H15FN4O4. The highest BCUT2D eigenvalue weighted by Gasteiger charge is 2.11. The van der Waals surface area contributed by atoms with Crippen molar-refractivity contribution in [3.05, 3.63) is 82.4 Å². The molecule has 0 atom stereocenters. The molecule has 3 rings (SSSR count). The Morgan fingerprint density at radius 3 is 2.37 bits per heavy atom. The number of carbonyl (C=O) groups excluding carboxylic acids is 2. The van der Waals surface area contributed by atoms with Gasteiger partial charge in [0.2, 0.25) is 0 Å². The summed E-state index contributed by atoms with van der Waals surface area (Å²) in [6.07, 6.45) is 1.39. The van der Waals surface area contributed by atoms with E-state index in [1.165, 1.54) is 48.7 Å². The summed E-state index contributed by atoms with van der Waals surface area (Å²) in [7, 11) is 0. The van der Waals surface area contributed by atoms with Crippen LogP contribution in [0.5, 0.6) is 0 Å². The molecule has 27 heavy (non-hydrogen) atoms. The molecule has 0 aliphatic carbocycles. The van der Waals surface area contributed by atoms with E-state index in [1.54, 1.807) is 6.07 Å². The molecule has 0 spiro atoms. The lowest BCUT2D eigenvalue weighted by molar-refractivity contribution is 0.0908. The second kappa shape index (κ2) is 8.09. The van der Waals surface area contributed by atoms with Crippen LogP contribution in [0, 0.1) is 5.82 Å². The Balaban J connectivity index is 1.60. The van der Waals surface area contributed by atoms with Crippen molar-refractivity contribution in [1.82, 2.24) is 20.4 Å². The number of furan rings is 1. The number of amides is 2. The molecule has 2 aromatic heterocycles. The van der Waals surface area contributed by atoms with Crippen molar-refractivity contribution in [1.29, 1.82) is 0 Å². The van der Waals surface area contributed by atoms with Gasteiger partial charge in [-0.3, -0.25) is 14.4 Å². The third-order valence-electron chi connectivity index (χ3n) is 3.55. The third-order valence-corrected chi connectivity index (χ3v) is 3.55. The fraction of sp³-hybridized carbons (Fsp3) is 0.111. The number of hydrogen-bond donors (Lipinski definition) is 2. The van der Waals surface area contributed by atoms with Gasteiger partial charge in [0.1, 0.15) is 11.5 Å². The number of halogens is 1. The van der Waals surface area contributed by atoms with Crippen LogP contribution in [0.4, 0.5) is 4.39 Å². The number of carbonyl (C=O) groups is 2. The summed E-state index contributed by atoms with van der Waals surface area (Å²) in [5, 5.41) is 9.16. The lowest BCUT2D eigenvalue weighted by Crippen LogP contribution is -2.35. The molecule has 3 aromatic rings. The van der Waals surface area contributed by atoms with E-state index in [0.29, 0.717) is 5.69 Å². The van der Waals surface area contributed by atoms with Crippen LogP contribution in [0.2, 0.25) is 0 Å². The minimum absolute atomic E-state index is 0.0105. The predicted octanol–water partition coefficient (Wildman–Crippen LogP) is 1.12. The lowest BCUT2D eigenvalue weighted by atomic mass is 10.3. The maximum atomic E-state index is 13.0. The zero-order chi connectivity index (χ0) is 19.2. The molecule has 2 heterocycles. The van der Waals surface area contributed by atoms with Crippen LogP contribution in [0.25, 0.3) is 5.69 Å². The molecule has 1 aromatic carbocycles. The van der Waals surface area contributed by atoms with Gasteiger partial charge in [-0.2, -0.15) is 9.78 Å². The number of nitrogens with zero attached hydrogens (tertiary/aromatic N) is 2. The van der Waals surface area contributed by atoms with E-state index < -0.39 is 23.2 Å². The van der Waals surface area contributed by atoms with Gasteiger partial charge in [-0.1, -0.05) is 0 Å². The Labute approximate surface area is 152 Å². The Bertz CT molecular complexity index is 997. The van der Waals surface area contributed by atoms with Gasteiger partial charge in [0.05, 0.1) is 12.0 Å². The summed E-state index contributed by atoms with van der Waals surface area (Å²) in [6.45, 7) is 0.339. The number of rotatable bonds is 6. The van der Waals surface area contributed by atoms with Gasteiger partial charge in [0, 0.05) is 19.2 Å². The first kappa shape index (κ1) is 18.1. The van der Waals surface area contributed by atoms with Crippen LogP contribution in [0.15, 0.2) is 64.0 Å². The van der Waals surface area contributed by atoms with E-state index in [0.717, 1.165) is 4.68 Å². The smallest absolute Gasteiger partial charge is 0.287 e. The largest absolute Gasteiger partial charge is 0.459 e. The van der Waals surface area contributed by atoms with E-state index in [2.05, 4.69) is 15.7 Å². The summed E-state index contributed by atoms with van der Waals surface area (Å²) >= 11 is 0. The minimum atomic E-state index is -0.516. The molecule has 0 fully saturated rings. The van der Waals surface area contributed by atoms with E-state index in [9.17, 15) is 18.8 Å². The summed E-state index contributed by atoms with van der Waals surface area (Å²) in [5.41, 5.74) is -0.109. The van der Waals surface area contributed by atoms with Crippen molar-refractivity contribution in [2.45, 2.75) is 0 Å². The Morgan fingerprint density at radius 2 is 1.70 bits per heavy atom. The van der Waals surface area contributed by atoms with E-state index >= 15 is 0 Å². The van der Waals surface area contributed by atoms with Crippen LogP contribution in [-0.4, -0.2) is 34.7 Å². The highest BCUT2D eigenvalue weighted by molar-refractivity contribution is 5.92. The maximum Gasteiger partial charge on any atom is 0.287 e. The maximum absolute atomic E-state index is 13.0. The van der Waals surface area contributed by atoms with Crippen LogP contribution in [0.3, 0.4) is 0 Å². The summed E-state index contributed by atoms with van der Waals surface area (Å²) < 4.78 is 19.0. The number of aromatic nitrogens is 2. The molecule has 0 aliphatic rings. The molecule has 0 saturated carbocycles. The summed E-state index contributed by atoms with van der Waals surface area (Å²) in [5.74, 6) is -1.18. The number of nitrogens with one attached hydrogen (secondary N) is 2. The molecule has 9 heteroatoms. The molecule has 0 bridgehead atoms. The molecule has 0 aliphatic heterocycles. The molecule has 0 unspecified atom stereocenters. The van der Waals surface area contributed by atoms with E-state index in [1.807, 2.05) is 0 Å². The van der Waals surface area contributed by atoms with Gasteiger partial charge in [-0.15, -0.1) is 0 Å². The second-order valence-corrected chi connectivity index (χ2v) is 5.43. The van der Waals surface area contributed by atoms with Gasteiger partial charge in [-0.05, 0) is 42.5 Å². The van der Waals surface area contributed by atoms with Crippen LogP contribution < -0.4 is 16.2 Å². The number of benzene rings is 1. The van der Waals surface area contributed by atoms with Crippen LogP contribution >= 0.6 is 0 Å². The van der Waals surface area contributed by atoms with Crippen molar-refractivity contribution in [2.75, 3.05) is 13.1 Å². The van der Waals surface area contributed by atoms with Crippen LogP contribution in [0.1, 0.15) is 21.0 Å². The Morgan fingerprint density at radius 1 is 1.00 bits per heavy atom. The third kappa shape index (κ3) is 4.46. The highest BCUT2D eigenvalue weighted by atomic mass is 19.1. The molecule has 138 valence electrons. The zero-order valence-electron chi connectivity index (χ0n) is 14.0. The average Bonchev–Trinajstić information content (AvgIpc) is 3.21. The monoisotopic (exact) mass is 370 g/mol. The second-order valence-electron chi connectivity index (χ2n) is 5.43. The van der Waals surface area contributed by atoms with Gasteiger partial charge in [0.15, 0.2) is 5.76 Å². The Hall–Kier alpha value is -3.75. The van der Waals surface area contributed by atoms with Crippen LogP contribution in [-0.2, 0) is 0 Å². The molecule has 8 nitrogen and oxygen atoms in total.